The van der Waals surface area contributed by atoms with Gasteiger partial charge in [0.25, 0.3) is 0 Å². The van der Waals surface area contributed by atoms with Gasteiger partial charge in [-0.15, -0.1) is 0 Å². The Morgan fingerprint density at radius 2 is 1.80 bits per heavy atom. The normalized spacial score (nSPS) is 14.1. The van der Waals surface area contributed by atoms with Crippen molar-refractivity contribution < 1.29 is 14.3 Å². The predicted octanol–water partition coefficient (Wildman–Crippen LogP) is 6.06. The quantitative estimate of drug-likeness (QED) is 0.434. The molecule has 0 aliphatic carbocycles. The van der Waals surface area contributed by atoms with Crippen molar-refractivity contribution in [2.45, 2.75) is 65.2 Å². The van der Waals surface area contributed by atoms with E-state index in [1.165, 1.54) is 11.1 Å². The third-order valence-electron chi connectivity index (χ3n) is 6.23. The lowest BCUT2D eigenvalue weighted by molar-refractivity contribution is 0.0526. The molecule has 1 aliphatic heterocycles. The summed E-state index contributed by atoms with van der Waals surface area (Å²) in [5.41, 5.74) is 5.25. The van der Waals surface area contributed by atoms with Gasteiger partial charge in [0.2, 0.25) is 0 Å². The molecular formula is C27H32O3. The predicted molar refractivity (Wildman–Crippen MR) is 121 cm³/mol. The molecule has 0 N–H and O–H groups in total. The molecule has 0 radical (unpaired) electrons. The number of benzene rings is 2. The lowest BCUT2D eigenvalue weighted by Crippen LogP contribution is -2.32. The van der Waals surface area contributed by atoms with E-state index in [0.717, 1.165) is 55.6 Å². The Morgan fingerprint density at radius 1 is 1.07 bits per heavy atom. The molecule has 0 saturated carbocycles. The summed E-state index contributed by atoms with van der Waals surface area (Å²) < 4.78 is 11.1. The molecule has 0 bridgehead atoms. The van der Waals surface area contributed by atoms with Gasteiger partial charge in [-0.3, -0.25) is 0 Å². The summed E-state index contributed by atoms with van der Waals surface area (Å²) in [6.07, 6.45) is 5.31. The highest BCUT2D eigenvalue weighted by molar-refractivity contribution is 5.89. The minimum atomic E-state index is -0.299. The minimum absolute atomic E-state index is 0.177. The first-order valence-corrected chi connectivity index (χ1v) is 11.2. The van der Waals surface area contributed by atoms with Gasteiger partial charge < -0.3 is 9.47 Å². The van der Waals surface area contributed by atoms with Gasteiger partial charge in [0, 0.05) is 22.1 Å². The van der Waals surface area contributed by atoms with Crippen LogP contribution in [0.3, 0.4) is 0 Å². The van der Waals surface area contributed by atoms with E-state index in [1.54, 1.807) is 19.1 Å². The summed E-state index contributed by atoms with van der Waals surface area (Å²) in [6.45, 7) is 9.71. The number of ether oxygens (including phenoxy) is 2. The lowest BCUT2D eigenvalue weighted by atomic mass is 9.71. The van der Waals surface area contributed by atoms with Crippen molar-refractivity contribution in [1.82, 2.24) is 0 Å². The summed E-state index contributed by atoms with van der Waals surface area (Å²) in [7, 11) is 0. The highest BCUT2D eigenvalue weighted by Crippen LogP contribution is 2.44. The standard InChI is InChI=1S/C27H32O3/c1-5-9-22-19-25-24(27(6-2,7-3)16-17-30-25)18-23(22)15-12-20-10-13-21(14-11-20)26(28)29-8-4/h10-11,13-14,18-19H,5-9,16-17H2,1-4H3. The van der Waals surface area contributed by atoms with E-state index in [4.69, 9.17) is 9.47 Å². The van der Waals surface area contributed by atoms with Crippen LogP contribution in [0.1, 0.15) is 86.0 Å². The van der Waals surface area contributed by atoms with Crippen molar-refractivity contribution in [2.75, 3.05) is 13.2 Å². The summed E-state index contributed by atoms with van der Waals surface area (Å²) in [5.74, 6) is 7.43. The molecule has 0 atom stereocenters. The molecule has 0 aromatic heterocycles. The summed E-state index contributed by atoms with van der Waals surface area (Å²) >= 11 is 0. The SMILES string of the molecule is CCCc1cc2c(cc1C#Cc1ccc(C(=O)OCC)cc1)C(CC)(CC)CCO2. The molecular weight excluding hydrogens is 372 g/mol. The second-order valence-electron chi connectivity index (χ2n) is 7.89. The Morgan fingerprint density at radius 3 is 2.43 bits per heavy atom. The van der Waals surface area contributed by atoms with Gasteiger partial charge in [0.1, 0.15) is 5.75 Å². The summed E-state index contributed by atoms with van der Waals surface area (Å²) in [6, 6.07) is 11.8. The van der Waals surface area contributed by atoms with E-state index in [9.17, 15) is 4.79 Å². The minimum Gasteiger partial charge on any atom is -0.493 e. The van der Waals surface area contributed by atoms with E-state index in [0.29, 0.717) is 12.2 Å². The van der Waals surface area contributed by atoms with Crippen LogP contribution in [0.5, 0.6) is 5.75 Å². The van der Waals surface area contributed by atoms with Crippen LogP contribution in [0, 0.1) is 11.8 Å². The van der Waals surface area contributed by atoms with Crippen molar-refractivity contribution in [3.05, 3.63) is 64.2 Å². The molecule has 2 aromatic carbocycles. The summed E-state index contributed by atoms with van der Waals surface area (Å²) in [4.78, 5) is 11.8. The Bertz CT molecular complexity index is 941. The van der Waals surface area contributed by atoms with Crippen LogP contribution in [0.4, 0.5) is 0 Å². The molecule has 30 heavy (non-hydrogen) atoms. The Balaban J connectivity index is 1.97. The monoisotopic (exact) mass is 404 g/mol. The van der Waals surface area contributed by atoms with Crippen LogP contribution < -0.4 is 4.74 Å². The van der Waals surface area contributed by atoms with Gasteiger partial charge in [-0.1, -0.05) is 39.0 Å². The zero-order valence-electron chi connectivity index (χ0n) is 18.6. The van der Waals surface area contributed by atoms with Gasteiger partial charge in [0.15, 0.2) is 0 Å². The molecule has 0 fully saturated rings. The molecule has 3 nitrogen and oxygen atoms in total. The molecule has 3 heteroatoms. The molecule has 0 saturated heterocycles. The fraction of sp³-hybridized carbons (Fsp3) is 0.444. The topological polar surface area (TPSA) is 35.5 Å². The largest absolute Gasteiger partial charge is 0.493 e. The molecule has 0 amide bonds. The fourth-order valence-corrected chi connectivity index (χ4v) is 4.27. The maximum absolute atomic E-state index is 11.8. The molecule has 0 unspecified atom stereocenters. The first-order valence-electron chi connectivity index (χ1n) is 11.2. The van der Waals surface area contributed by atoms with E-state index in [-0.39, 0.29) is 11.4 Å². The van der Waals surface area contributed by atoms with Gasteiger partial charge >= 0.3 is 5.97 Å². The van der Waals surface area contributed by atoms with Gasteiger partial charge in [-0.2, -0.15) is 0 Å². The van der Waals surface area contributed by atoms with Crippen molar-refractivity contribution in [1.29, 1.82) is 0 Å². The smallest absolute Gasteiger partial charge is 0.338 e. The molecule has 3 rings (SSSR count). The fourth-order valence-electron chi connectivity index (χ4n) is 4.27. The van der Waals surface area contributed by atoms with Crippen molar-refractivity contribution in [3.63, 3.8) is 0 Å². The van der Waals surface area contributed by atoms with Gasteiger partial charge in [-0.25, -0.2) is 4.79 Å². The second kappa shape index (κ2) is 9.85. The van der Waals surface area contributed by atoms with Gasteiger partial charge in [0.05, 0.1) is 18.8 Å². The highest BCUT2D eigenvalue weighted by Gasteiger charge is 2.35. The molecule has 0 spiro atoms. The van der Waals surface area contributed by atoms with Crippen molar-refractivity contribution >= 4 is 5.97 Å². The van der Waals surface area contributed by atoms with Gasteiger partial charge in [-0.05, 0) is 74.6 Å². The number of esters is 1. The van der Waals surface area contributed by atoms with E-state index < -0.39 is 0 Å². The maximum atomic E-state index is 11.8. The average Bonchev–Trinajstić information content (AvgIpc) is 2.78. The Kier molecular flexibility index (Phi) is 7.21. The number of rotatable bonds is 6. The first-order chi connectivity index (χ1) is 14.6. The van der Waals surface area contributed by atoms with Crippen LogP contribution in [0.15, 0.2) is 36.4 Å². The molecule has 158 valence electrons. The van der Waals surface area contributed by atoms with E-state index in [2.05, 4.69) is 44.7 Å². The lowest BCUT2D eigenvalue weighted by Gasteiger charge is -2.38. The Labute approximate surface area is 180 Å². The van der Waals surface area contributed by atoms with Crippen LogP contribution in [0.25, 0.3) is 0 Å². The third kappa shape index (κ3) is 4.54. The van der Waals surface area contributed by atoms with Crippen LogP contribution >= 0.6 is 0 Å². The molecule has 1 aliphatic rings. The van der Waals surface area contributed by atoms with E-state index in [1.807, 2.05) is 12.1 Å². The number of carbonyl (C=O) groups excluding carboxylic acids is 1. The van der Waals surface area contributed by atoms with Crippen molar-refractivity contribution in [3.8, 4) is 17.6 Å². The second-order valence-corrected chi connectivity index (χ2v) is 7.89. The van der Waals surface area contributed by atoms with Crippen LogP contribution in [0.2, 0.25) is 0 Å². The average molecular weight is 405 g/mol. The third-order valence-corrected chi connectivity index (χ3v) is 6.23. The number of hydrogen-bond donors (Lipinski definition) is 0. The van der Waals surface area contributed by atoms with Crippen LogP contribution in [-0.2, 0) is 16.6 Å². The first kappa shape index (κ1) is 22.0. The zero-order valence-corrected chi connectivity index (χ0v) is 18.6. The summed E-state index contributed by atoms with van der Waals surface area (Å²) in [5, 5.41) is 0. The molecule has 2 aromatic rings. The molecule has 1 heterocycles. The Hall–Kier alpha value is -2.73. The number of fused-ring (bicyclic) bond motifs is 1. The number of hydrogen-bond acceptors (Lipinski definition) is 3. The maximum Gasteiger partial charge on any atom is 0.338 e. The number of aryl methyl sites for hydroxylation is 1. The van der Waals surface area contributed by atoms with Crippen LogP contribution in [-0.4, -0.2) is 19.2 Å². The van der Waals surface area contributed by atoms with Crippen molar-refractivity contribution in [2.24, 2.45) is 0 Å². The van der Waals surface area contributed by atoms with E-state index >= 15 is 0 Å². The zero-order chi connectivity index (χ0) is 21.6. The highest BCUT2D eigenvalue weighted by atomic mass is 16.5. The number of carbonyl (C=O) groups is 1.